The predicted molar refractivity (Wildman–Crippen MR) is 45.7 cm³/mol. The predicted octanol–water partition coefficient (Wildman–Crippen LogP) is 1.65. The second-order valence-electron chi connectivity index (χ2n) is 2.21. The number of ether oxygens (including phenoxy) is 1. The monoisotopic (exact) mass is 172 g/mol. The van der Waals surface area contributed by atoms with Gasteiger partial charge in [-0.3, -0.25) is 0 Å². The average Bonchev–Trinajstić information content (AvgIpc) is 2.50. The van der Waals surface area contributed by atoms with Gasteiger partial charge in [0.25, 0.3) is 0 Å². The van der Waals surface area contributed by atoms with Crippen LogP contribution in [0, 0.1) is 0 Å². The van der Waals surface area contributed by atoms with Crippen LogP contribution in [-0.2, 0) is 11.3 Å². The van der Waals surface area contributed by atoms with E-state index in [0.717, 1.165) is 6.42 Å². The molecule has 1 aromatic rings. The largest absolute Gasteiger partial charge is 0.396 e. The number of thiophene rings is 1. The molecule has 1 aromatic heterocycles. The van der Waals surface area contributed by atoms with Crippen LogP contribution in [-0.4, -0.2) is 18.3 Å². The number of hydrogen-bond donors (Lipinski definition) is 1. The summed E-state index contributed by atoms with van der Waals surface area (Å²) in [4.78, 5) is 1.24. The first-order chi connectivity index (χ1) is 5.43. The second-order valence-corrected chi connectivity index (χ2v) is 3.24. The maximum absolute atomic E-state index is 8.45. The van der Waals surface area contributed by atoms with Crippen molar-refractivity contribution in [3.8, 4) is 0 Å². The first-order valence-electron chi connectivity index (χ1n) is 3.64. The highest BCUT2D eigenvalue weighted by atomic mass is 32.1. The molecule has 1 heterocycles. The Morgan fingerprint density at radius 2 is 2.45 bits per heavy atom. The van der Waals surface area contributed by atoms with Gasteiger partial charge in [-0.25, -0.2) is 0 Å². The van der Waals surface area contributed by atoms with Gasteiger partial charge in [-0.15, -0.1) is 11.3 Å². The molecule has 0 bridgehead atoms. The van der Waals surface area contributed by atoms with E-state index in [1.165, 1.54) is 4.88 Å². The summed E-state index contributed by atoms with van der Waals surface area (Å²) < 4.78 is 5.27. The van der Waals surface area contributed by atoms with E-state index in [0.29, 0.717) is 13.2 Å². The van der Waals surface area contributed by atoms with Crippen LogP contribution in [0.5, 0.6) is 0 Å². The Bertz CT molecular complexity index is 172. The molecule has 0 fully saturated rings. The van der Waals surface area contributed by atoms with Crippen molar-refractivity contribution in [1.29, 1.82) is 0 Å². The Morgan fingerprint density at radius 1 is 1.55 bits per heavy atom. The van der Waals surface area contributed by atoms with Crippen molar-refractivity contribution in [2.75, 3.05) is 13.2 Å². The summed E-state index contributed by atoms with van der Waals surface area (Å²) in [6.07, 6.45) is 0.728. The molecule has 0 amide bonds. The zero-order chi connectivity index (χ0) is 7.94. The minimum absolute atomic E-state index is 0.213. The molecule has 0 saturated carbocycles. The van der Waals surface area contributed by atoms with Crippen LogP contribution in [0.25, 0.3) is 0 Å². The van der Waals surface area contributed by atoms with E-state index in [4.69, 9.17) is 9.84 Å². The first kappa shape index (κ1) is 8.71. The normalized spacial score (nSPS) is 10.3. The van der Waals surface area contributed by atoms with Gasteiger partial charge in [0, 0.05) is 18.1 Å². The van der Waals surface area contributed by atoms with E-state index < -0.39 is 0 Å². The molecular weight excluding hydrogens is 160 g/mol. The fraction of sp³-hybridized carbons (Fsp3) is 0.500. The van der Waals surface area contributed by atoms with Crippen LogP contribution in [0.15, 0.2) is 17.5 Å². The van der Waals surface area contributed by atoms with Crippen molar-refractivity contribution >= 4 is 11.3 Å². The molecule has 0 aliphatic carbocycles. The van der Waals surface area contributed by atoms with Crippen LogP contribution in [0.4, 0.5) is 0 Å². The topological polar surface area (TPSA) is 29.5 Å². The highest BCUT2D eigenvalue weighted by Crippen LogP contribution is 2.09. The fourth-order valence-corrected chi connectivity index (χ4v) is 1.37. The van der Waals surface area contributed by atoms with Gasteiger partial charge in [0.1, 0.15) is 0 Å². The van der Waals surface area contributed by atoms with Crippen molar-refractivity contribution in [2.24, 2.45) is 0 Å². The molecule has 1 rings (SSSR count). The zero-order valence-electron chi connectivity index (χ0n) is 6.32. The number of aliphatic hydroxyl groups excluding tert-OH is 1. The number of aliphatic hydroxyl groups is 1. The molecule has 0 radical (unpaired) electrons. The average molecular weight is 172 g/mol. The molecule has 1 N–H and O–H groups in total. The summed E-state index contributed by atoms with van der Waals surface area (Å²) in [5.41, 5.74) is 0. The summed E-state index contributed by atoms with van der Waals surface area (Å²) in [7, 11) is 0. The fourth-order valence-electron chi connectivity index (χ4n) is 0.734. The third-order valence-corrected chi connectivity index (χ3v) is 2.12. The molecule has 62 valence electrons. The van der Waals surface area contributed by atoms with Crippen LogP contribution >= 0.6 is 11.3 Å². The van der Waals surface area contributed by atoms with E-state index in [1.807, 2.05) is 17.5 Å². The minimum atomic E-state index is 0.213. The lowest BCUT2D eigenvalue weighted by atomic mass is 10.5. The van der Waals surface area contributed by atoms with Crippen molar-refractivity contribution in [3.63, 3.8) is 0 Å². The highest BCUT2D eigenvalue weighted by Gasteiger charge is 1.92. The van der Waals surface area contributed by atoms with E-state index >= 15 is 0 Å². The first-order valence-corrected chi connectivity index (χ1v) is 4.52. The summed E-state index contributed by atoms with van der Waals surface area (Å²) in [5.74, 6) is 0. The Labute approximate surface area is 70.4 Å². The van der Waals surface area contributed by atoms with Crippen molar-refractivity contribution in [2.45, 2.75) is 13.0 Å². The van der Waals surface area contributed by atoms with Gasteiger partial charge in [0.2, 0.25) is 0 Å². The van der Waals surface area contributed by atoms with Gasteiger partial charge < -0.3 is 9.84 Å². The summed E-state index contributed by atoms with van der Waals surface area (Å²) in [6.45, 7) is 1.54. The van der Waals surface area contributed by atoms with Crippen molar-refractivity contribution in [1.82, 2.24) is 0 Å². The maximum atomic E-state index is 8.45. The summed E-state index contributed by atoms with van der Waals surface area (Å²) >= 11 is 1.69. The van der Waals surface area contributed by atoms with Crippen molar-refractivity contribution in [3.05, 3.63) is 22.4 Å². The zero-order valence-corrected chi connectivity index (χ0v) is 7.14. The molecule has 2 nitrogen and oxygen atoms in total. The molecular formula is C8H12O2S. The molecule has 0 aliphatic heterocycles. The Morgan fingerprint density at radius 3 is 3.09 bits per heavy atom. The van der Waals surface area contributed by atoms with Crippen LogP contribution in [0.3, 0.4) is 0 Å². The quantitative estimate of drug-likeness (QED) is 0.684. The van der Waals surface area contributed by atoms with Crippen LogP contribution < -0.4 is 0 Å². The Balaban J connectivity index is 2.04. The van der Waals surface area contributed by atoms with E-state index in [9.17, 15) is 0 Å². The lowest BCUT2D eigenvalue weighted by Gasteiger charge is -1.99. The highest BCUT2D eigenvalue weighted by molar-refractivity contribution is 7.09. The van der Waals surface area contributed by atoms with Crippen LogP contribution in [0.2, 0.25) is 0 Å². The van der Waals surface area contributed by atoms with Gasteiger partial charge in [0.15, 0.2) is 0 Å². The van der Waals surface area contributed by atoms with Gasteiger partial charge in [-0.05, 0) is 17.9 Å². The lowest BCUT2D eigenvalue weighted by molar-refractivity contribution is 0.106. The van der Waals surface area contributed by atoms with Crippen molar-refractivity contribution < 1.29 is 9.84 Å². The van der Waals surface area contributed by atoms with Gasteiger partial charge in [-0.1, -0.05) is 6.07 Å². The molecule has 0 unspecified atom stereocenters. The van der Waals surface area contributed by atoms with E-state index in [-0.39, 0.29) is 6.61 Å². The third kappa shape index (κ3) is 3.51. The van der Waals surface area contributed by atoms with Gasteiger partial charge in [-0.2, -0.15) is 0 Å². The maximum Gasteiger partial charge on any atom is 0.0809 e. The Kier molecular flexibility index (Phi) is 4.19. The van der Waals surface area contributed by atoms with E-state index in [1.54, 1.807) is 11.3 Å². The molecule has 0 aliphatic rings. The molecule has 0 aromatic carbocycles. The third-order valence-electron chi connectivity index (χ3n) is 1.27. The Hall–Kier alpha value is -0.380. The summed E-state index contributed by atoms with van der Waals surface area (Å²) in [5, 5.41) is 10.5. The smallest absolute Gasteiger partial charge is 0.0809 e. The molecule has 0 saturated heterocycles. The summed E-state index contributed by atoms with van der Waals surface area (Å²) in [6, 6.07) is 4.05. The molecule has 3 heteroatoms. The standard InChI is InChI=1S/C8H12O2S/c9-4-2-5-10-7-8-3-1-6-11-8/h1,3,6,9H,2,4-5,7H2. The minimum Gasteiger partial charge on any atom is -0.396 e. The van der Waals surface area contributed by atoms with Gasteiger partial charge in [0.05, 0.1) is 6.61 Å². The van der Waals surface area contributed by atoms with Crippen LogP contribution in [0.1, 0.15) is 11.3 Å². The van der Waals surface area contributed by atoms with E-state index in [2.05, 4.69) is 0 Å². The molecule has 0 atom stereocenters. The molecule has 11 heavy (non-hydrogen) atoms. The molecule has 0 spiro atoms. The SMILES string of the molecule is OCCCOCc1cccs1. The second kappa shape index (κ2) is 5.29. The lowest BCUT2D eigenvalue weighted by Crippen LogP contribution is -1.95. The van der Waals surface area contributed by atoms with Gasteiger partial charge >= 0.3 is 0 Å². The number of hydrogen-bond acceptors (Lipinski definition) is 3. The number of rotatable bonds is 5.